The van der Waals surface area contributed by atoms with Gasteiger partial charge in [0, 0.05) is 6.54 Å². The first-order valence-corrected chi connectivity index (χ1v) is 8.11. The Morgan fingerprint density at radius 3 is 2.80 bits per heavy atom. The topological polar surface area (TPSA) is 60.0 Å². The van der Waals surface area contributed by atoms with E-state index in [4.69, 9.17) is 14.2 Å². The van der Waals surface area contributed by atoms with Crippen LogP contribution < -0.4 is 19.5 Å². The van der Waals surface area contributed by atoms with Crippen molar-refractivity contribution < 1.29 is 19.0 Å². The first-order chi connectivity index (χ1) is 12.1. The lowest BCUT2D eigenvalue weighted by Gasteiger charge is -2.24. The van der Waals surface area contributed by atoms with E-state index in [1.54, 1.807) is 7.11 Å². The van der Waals surface area contributed by atoms with Crippen molar-refractivity contribution in [2.24, 2.45) is 0 Å². The first kappa shape index (κ1) is 17.1. The molecule has 0 unspecified atom stereocenters. The van der Waals surface area contributed by atoms with Crippen molar-refractivity contribution in [3.63, 3.8) is 0 Å². The fourth-order valence-electron chi connectivity index (χ4n) is 2.65. The molecule has 6 nitrogen and oxygen atoms in total. The van der Waals surface area contributed by atoms with Crippen molar-refractivity contribution in [3.8, 4) is 17.2 Å². The summed E-state index contributed by atoms with van der Waals surface area (Å²) in [6.07, 6.45) is 0. The minimum Gasteiger partial charge on any atom is -0.495 e. The number of methoxy groups -OCH3 is 1. The maximum atomic E-state index is 12.5. The summed E-state index contributed by atoms with van der Waals surface area (Å²) in [5.74, 6) is 2.06. The molecule has 2 aromatic carbocycles. The zero-order valence-electron chi connectivity index (χ0n) is 14.6. The Labute approximate surface area is 147 Å². The highest BCUT2D eigenvalue weighted by molar-refractivity contribution is 5.95. The molecule has 0 saturated heterocycles. The van der Waals surface area contributed by atoms with E-state index >= 15 is 0 Å². The molecule has 3 rings (SSSR count). The Hall–Kier alpha value is -2.73. The highest BCUT2D eigenvalue weighted by Gasteiger charge is 2.20. The van der Waals surface area contributed by atoms with Gasteiger partial charge in [0.15, 0.2) is 11.5 Å². The highest BCUT2D eigenvalue weighted by atomic mass is 16.7. The SMILES string of the molecule is COc1ccccc1NC(=O)[C@H](C)N(C)Cc1ccc2c(c1)OCO2. The van der Waals surface area contributed by atoms with E-state index in [0.29, 0.717) is 18.0 Å². The molecular weight excluding hydrogens is 320 g/mol. The second kappa shape index (κ2) is 7.44. The van der Waals surface area contributed by atoms with Gasteiger partial charge in [-0.15, -0.1) is 0 Å². The third-order valence-electron chi connectivity index (χ3n) is 4.27. The molecule has 1 heterocycles. The largest absolute Gasteiger partial charge is 0.495 e. The lowest BCUT2D eigenvalue weighted by molar-refractivity contribution is -0.120. The summed E-state index contributed by atoms with van der Waals surface area (Å²) in [5, 5.41) is 2.92. The predicted octanol–water partition coefficient (Wildman–Crippen LogP) is 2.88. The minimum atomic E-state index is -0.310. The number of rotatable bonds is 6. The monoisotopic (exact) mass is 342 g/mol. The lowest BCUT2D eigenvalue weighted by atomic mass is 10.1. The number of anilines is 1. The standard InChI is InChI=1S/C19H22N2O4/c1-13(19(22)20-15-6-4-5-7-16(15)23-3)21(2)11-14-8-9-17-18(10-14)25-12-24-17/h4-10,13H,11-12H2,1-3H3,(H,20,22)/t13-/m0/s1. The van der Waals surface area contributed by atoms with Crippen molar-refractivity contribution in [3.05, 3.63) is 48.0 Å². The molecule has 0 bridgehead atoms. The molecule has 0 spiro atoms. The number of nitrogens with zero attached hydrogens (tertiary/aromatic N) is 1. The zero-order valence-corrected chi connectivity index (χ0v) is 14.6. The van der Waals surface area contributed by atoms with Gasteiger partial charge in [0.1, 0.15) is 5.75 Å². The molecule has 132 valence electrons. The van der Waals surface area contributed by atoms with Gasteiger partial charge in [-0.3, -0.25) is 9.69 Å². The van der Waals surface area contributed by atoms with Crippen LogP contribution in [0.3, 0.4) is 0 Å². The minimum absolute atomic E-state index is 0.0901. The molecule has 1 aliphatic heterocycles. The number of fused-ring (bicyclic) bond motifs is 1. The van der Waals surface area contributed by atoms with Gasteiger partial charge < -0.3 is 19.5 Å². The number of carbonyl (C=O) groups excluding carboxylic acids is 1. The third-order valence-corrected chi connectivity index (χ3v) is 4.27. The molecule has 2 aromatic rings. The summed E-state index contributed by atoms with van der Waals surface area (Å²) in [5.41, 5.74) is 1.72. The Kier molecular flexibility index (Phi) is 5.09. The van der Waals surface area contributed by atoms with Gasteiger partial charge in [0.05, 0.1) is 18.8 Å². The van der Waals surface area contributed by atoms with Gasteiger partial charge >= 0.3 is 0 Å². The van der Waals surface area contributed by atoms with Gasteiger partial charge in [0.2, 0.25) is 12.7 Å². The average Bonchev–Trinajstić information content (AvgIpc) is 3.09. The second-order valence-corrected chi connectivity index (χ2v) is 5.97. The Morgan fingerprint density at radius 2 is 2.00 bits per heavy atom. The fraction of sp³-hybridized carbons (Fsp3) is 0.316. The Morgan fingerprint density at radius 1 is 1.24 bits per heavy atom. The van der Waals surface area contributed by atoms with E-state index in [9.17, 15) is 4.79 Å². The van der Waals surface area contributed by atoms with Crippen LogP contribution in [-0.4, -0.2) is 37.8 Å². The molecule has 1 amide bonds. The number of carbonyl (C=O) groups is 1. The molecule has 1 aliphatic rings. The molecule has 1 N–H and O–H groups in total. The van der Waals surface area contributed by atoms with E-state index in [1.807, 2.05) is 61.3 Å². The molecular formula is C19H22N2O4. The van der Waals surface area contributed by atoms with Gasteiger partial charge in [-0.1, -0.05) is 18.2 Å². The quantitative estimate of drug-likeness (QED) is 0.875. The van der Waals surface area contributed by atoms with Crippen LogP contribution in [-0.2, 0) is 11.3 Å². The number of benzene rings is 2. The molecule has 0 saturated carbocycles. The summed E-state index contributed by atoms with van der Waals surface area (Å²) in [7, 11) is 3.50. The lowest BCUT2D eigenvalue weighted by Crippen LogP contribution is -2.39. The maximum absolute atomic E-state index is 12.5. The Balaban J connectivity index is 1.63. The molecule has 0 fully saturated rings. The number of para-hydroxylation sites is 2. The van der Waals surface area contributed by atoms with Crippen LogP contribution in [0.5, 0.6) is 17.2 Å². The molecule has 1 atom stereocenters. The van der Waals surface area contributed by atoms with Crippen LogP contribution >= 0.6 is 0 Å². The fourth-order valence-corrected chi connectivity index (χ4v) is 2.65. The first-order valence-electron chi connectivity index (χ1n) is 8.11. The van der Waals surface area contributed by atoms with E-state index in [1.165, 1.54) is 0 Å². The molecule has 0 aliphatic carbocycles. The van der Waals surface area contributed by atoms with Crippen molar-refractivity contribution in [2.75, 3.05) is 26.3 Å². The number of amides is 1. The van der Waals surface area contributed by atoms with Crippen LogP contribution in [0.1, 0.15) is 12.5 Å². The van der Waals surface area contributed by atoms with Crippen molar-refractivity contribution in [1.82, 2.24) is 4.90 Å². The summed E-state index contributed by atoms with van der Waals surface area (Å²) >= 11 is 0. The second-order valence-electron chi connectivity index (χ2n) is 5.97. The highest BCUT2D eigenvalue weighted by Crippen LogP contribution is 2.32. The summed E-state index contributed by atoms with van der Waals surface area (Å²) in [4.78, 5) is 14.5. The number of likely N-dealkylation sites (N-methyl/N-ethyl adjacent to an activating group) is 1. The number of ether oxygens (including phenoxy) is 3. The van der Waals surface area contributed by atoms with Crippen LogP contribution in [0.15, 0.2) is 42.5 Å². The van der Waals surface area contributed by atoms with Crippen molar-refractivity contribution in [1.29, 1.82) is 0 Å². The van der Waals surface area contributed by atoms with E-state index in [-0.39, 0.29) is 18.7 Å². The van der Waals surface area contributed by atoms with Crippen LogP contribution in [0.2, 0.25) is 0 Å². The van der Waals surface area contributed by atoms with Gasteiger partial charge in [-0.2, -0.15) is 0 Å². The normalized spacial score (nSPS) is 13.6. The van der Waals surface area contributed by atoms with Gasteiger partial charge in [-0.25, -0.2) is 0 Å². The van der Waals surface area contributed by atoms with Crippen LogP contribution in [0.4, 0.5) is 5.69 Å². The molecule has 0 aromatic heterocycles. The molecule has 0 radical (unpaired) electrons. The predicted molar refractivity (Wildman–Crippen MR) is 95.1 cm³/mol. The van der Waals surface area contributed by atoms with E-state index < -0.39 is 0 Å². The summed E-state index contributed by atoms with van der Waals surface area (Å²) in [6, 6.07) is 12.9. The third kappa shape index (κ3) is 3.85. The maximum Gasteiger partial charge on any atom is 0.241 e. The van der Waals surface area contributed by atoms with Crippen molar-refractivity contribution in [2.45, 2.75) is 19.5 Å². The summed E-state index contributed by atoms with van der Waals surface area (Å²) in [6.45, 7) is 2.75. The number of nitrogens with one attached hydrogen (secondary N) is 1. The Bertz CT molecular complexity index is 763. The van der Waals surface area contributed by atoms with Gasteiger partial charge in [0.25, 0.3) is 0 Å². The number of hydrogen-bond acceptors (Lipinski definition) is 5. The smallest absolute Gasteiger partial charge is 0.241 e. The zero-order chi connectivity index (χ0) is 17.8. The van der Waals surface area contributed by atoms with E-state index in [0.717, 1.165) is 17.1 Å². The van der Waals surface area contributed by atoms with E-state index in [2.05, 4.69) is 5.32 Å². The molecule has 6 heteroatoms. The number of hydrogen-bond donors (Lipinski definition) is 1. The molecule has 25 heavy (non-hydrogen) atoms. The van der Waals surface area contributed by atoms with Gasteiger partial charge in [-0.05, 0) is 43.8 Å². The van der Waals surface area contributed by atoms with Crippen LogP contribution in [0, 0.1) is 0 Å². The summed E-state index contributed by atoms with van der Waals surface area (Å²) < 4.78 is 16.0. The van der Waals surface area contributed by atoms with Crippen molar-refractivity contribution >= 4 is 11.6 Å². The van der Waals surface area contributed by atoms with Crippen LogP contribution in [0.25, 0.3) is 0 Å². The average molecular weight is 342 g/mol.